The molecule has 1 aromatic heterocycles. The molecule has 5 rings (SSSR count). The molecule has 1 N–H and O–H groups in total. The Kier molecular flexibility index (Phi) is 7.73. The molecule has 1 aliphatic rings. The summed E-state index contributed by atoms with van der Waals surface area (Å²) < 4.78 is 1.80. The molecule has 1 aliphatic heterocycles. The van der Waals surface area contributed by atoms with E-state index in [0.717, 1.165) is 73.0 Å². The molecule has 0 aliphatic carbocycles. The van der Waals surface area contributed by atoms with Gasteiger partial charge in [0.15, 0.2) is 0 Å². The molecule has 0 unspecified atom stereocenters. The zero-order chi connectivity index (χ0) is 26.0. The van der Waals surface area contributed by atoms with Crippen molar-refractivity contribution in [2.45, 2.75) is 44.6 Å². The Morgan fingerprint density at radius 1 is 0.946 bits per heavy atom. The third-order valence-corrected chi connectivity index (χ3v) is 8.02. The lowest BCUT2D eigenvalue weighted by Gasteiger charge is -2.38. The minimum Gasteiger partial charge on any atom is -0.389 e. The summed E-state index contributed by atoms with van der Waals surface area (Å²) in [7, 11) is 0. The predicted molar refractivity (Wildman–Crippen MR) is 153 cm³/mol. The molecule has 37 heavy (non-hydrogen) atoms. The average molecular weight is 536 g/mol. The molecule has 0 atom stereocenters. The molecule has 0 spiro atoms. The van der Waals surface area contributed by atoms with Crippen LogP contribution in [0.3, 0.4) is 0 Å². The molecule has 1 saturated heterocycles. The lowest BCUT2D eigenvalue weighted by atomic mass is 9.85. The van der Waals surface area contributed by atoms with E-state index in [4.69, 9.17) is 23.2 Å². The number of halogens is 2. The molecule has 6 heteroatoms. The van der Waals surface area contributed by atoms with Crippen LogP contribution in [0, 0.1) is 0 Å². The highest BCUT2D eigenvalue weighted by atomic mass is 35.5. The Balaban J connectivity index is 1.33. The van der Waals surface area contributed by atoms with Gasteiger partial charge in [0.25, 0.3) is 0 Å². The van der Waals surface area contributed by atoms with Crippen molar-refractivity contribution in [3.05, 3.63) is 94.0 Å². The molecule has 3 aromatic carbocycles. The Morgan fingerprint density at radius 2 is 1.62 bits per heavy atom. The van der Waals surface area contributed by atoms with Gasteiger partial charge in [-0.25, -0.2) is 0 Å². The first-order chi connectivity index (χ1) is 17.8. The van der Waals surface area contributed by atoms with Crippen molar-refractivity contribution >= 4 is 40.0 Å². The number of rotatable bonds is 7. The van der Waals surface area contributed by atoms with Crippen LogP contribution in [0.4, 0.5) is 0 Å². The topological polar surface area (TPSA) is 45.5 Å². The summed E-state index contributed by atoms with van der Waals surface area (Å²) >= 11 is 12.6. The number of fused-ring (bicyclic) bond motifs is 1. The number of hydrogen-bond donors (Lipinski definition) is 1. The number of aryl methyl sites for hydroxylation is 1. The first kappa shape index (κ1) is 26.0. The van der Waals surface area contributed by atoms with Gasteiger partial charge in [-0.2, -0.15) is 0 Å². The van der Waals surface area contributed by atoms with Gasteiger partial charge in [-0.3, -0.25) is 9.36 Å². The van der Waals surface area contributed by atoms with E-state index >= 15 is 0 Å². The normalized spacial score (nSPS) is 15.8. The maximum absolute atomic E-state index is 12.8. The van der Waals surface area contributed by atoms with Crippen molar-refractivity contribution in [1.29, 1.82) is 0 Å². The number of aromatic nitrogens is 1. The molecule has 2 heterocycles. The summed E-state index contributed by atoms with van der Waals surface area (Å²) in [6, 6.07) is 23.7. The van der Waals surface area contributed by atoms with Crippen LogP contribution in [0.15, 0.2) is 72.8 Å². The quantitative estimate of drug-likeness (QED) is 0.271. The van der Waals surface area contributed by atoms with Gasteiger partial charge in [-0.1, -0.05) is 65.7 Å². The summed E-state index contributed by atoms with van der Waals surface area (Å²) in [6.45, 7) is 4.30. The van der Waals surface area contributed by atoms with E-state index in [1.54, 1.807) is 11.5 Å². The Bertz CT molecular complexity index is 1390. The fourth-order valence-corrected chi connectivity index (χ4v) is 5.94. The van der Waals surface area contributed by atoms with E-state index in [1.807, 2.05) is 60.7 Å². The molecule has 0 bridgehead atoms. The highest BCUT2D eigenvalue weighted by molar-refractivity contribution is 6.31. The van der Waals surface area contributed by atoms with Crippen LogP contribution >= 0.6 is 23.2 Å². The van der Waals surface area contributed by atoms with Gasteiger partial charge in [-0.15, -0.1) is 0 Å². The van der Waals surface area contributed by atoms with E-state index in [1.165, 1.54) is 5.56 Å². The summed E-state index contributed by atoms with van der Waals surface area (Å²) in [4.78, 5) is 15.2. The van der Waals surface area contributed by atoms with E-state index in [2.05, 4.69) is 17.0 Å². The van der Waals surface area contributed by atoms with Crippen LogP contribution in [0.2, 0.25) is 10.0 Å². The minimum absolute atomic E-state index is 0.0303. The molecule has 0 radical (unpaired) electrons. The predicted octanol–water partition coefficient (Wildman–Crippen LogP) is 7.28. The van der Waals surface area contributed by atoms with E-state index in [-0.39, 0.29) is 5.91 Å². The standard InChI is InChI=1S/C31H32Cl2N2O2/c1-22(36)35-29-14-13-26(33)20-28(29)27(30(35)24-9-11-25(32)12-10-24)8-5-17-34-18-15-31(37,16-19-34)21-23-6-3-2-4-7-23/h2-4,6-7,9-14,20,37H,5,8,15-19,21H2,1H3. The van der Waals surface area contributed by atoms with Crippen LogP contribution in [-0.2, 0) is 12.8 Å². The number of carbonyl (C=O) groups excluding carboxylic acids is 1. The monoisotopic (exact) mass is 534 g/mol. The van der Waals surface area contributed by atoms with E-state index in [0.29, 0.717) is 16.5 Å². The summed E-state index contributed by atoms with van der Waals surface area (Å²) in [5.74, 6) is -0.0303. The fraction of sp³-hybridized carbons (Fsp3) is 0.323. The SMILES string of the molecule is CC(=O)n1c(-c2ccc(Cl)cc2)c(CCCN2CCC(O)(Cc3ccccc3)CC2)c2cc(Cl)ccc21. The molecular formula is C31H32Cl2N2O2. The summed E-state index contributed by atoms with van der Waals surface area (Å²) in [6.07, 6.45) is 4.02. The lowest BCUT2D eigenvalue weighted by Crippen LogP contribution is -2.45. The molecule has 4 aromatic rings. The molecular weight excluding hydrogens is 503 g/mol. The molecule has 192 valence electrons. The Hall–Kier alpha value is -2.63. The number of carbonyl (C=O) groups is 1. The largest absolute Gasteiger partial charge is 0.389 e. The molecule has 1 fully saturated rings. The van der Waals surface area contributed by atoms with Crippen molar-refractivity contribution in [2.24, 2.45) is 0 Å². The molecule has 0 amide bonds. The second-order valence-electron chi connectivity index (χ2n) is 10.2. The van der Waals surface area contributed by atoms with Gasteiger partial charge in [0, 0.05) is 41.9 Å². The van der Waals surface area contributed by atoms with Crippen molar-refractivity contribution in [2.75, 3.05) is 19.6 Å². The fourth-order valence-electron chi connectivity index (χ4n) is 5.64. The van der Waals surface area contributed by atoms with Crippen LogP contribution in [0.1, 0.15) is 42.1 Å². The lowest BCUT2D eigenvalue weighted by molar-refractivity contribution is -0.0207. The smallest absolute Gasteiger partial charge is 0.228 e. The Morgan fingerprint density at radius 3 is 2.30 bits per heavy atom. The van der Waals surface area contributed by atoms with Gasteiger partial charge in [0.05, 0.1) is 16.8 Å². The zero-order valence-corrected chi connectivity index (χ0v) is 22.6. The third kappa shape index (κ3) is 5.78. The van der Waals surface area contributed by atoms with Crippen LogP contribution < -0.4 is 0 Å². The number of hydrogen-bond acceptors (Lipinski definition) is 3. The zero-order valence-electron chi connectivity index (χ0n) is 21.1. The molecule has 0 saturated carbocycles. The van der Waals surface area contributed by atoms with Crippen LogP contribution in [0.25, 0.3) is 22.2 Å². The third-order valence-electron chi connectivity index (χ3n) is 7.53. The number of piperidine rings is 1. The van der Waals surface area contributed by atoms with Crippen LogP contribution in [-0.4, -0.2) is 45.7 Å². The summed E-state index contributed by atoms with van der Waals surface area (Å²) in [5.41, 5.74) is 4.44. The van der Waals surface area contributed by atoms with E-state index in [9.17, 15) is 9.90 Å². The highest BCUT2D eigenvalue weighted by Gasteiger charge is 2.32. The second kappa shape index (κ2) is 11.0. The van der Waals surface area contributed by atoms with Gasteiger partial charge < -0.3 is 10.0 Å². The first-order valence-electron chi connectivity index (χ1n) is 12.9. The van der Waals surface area contributed by atoms with E-state index < -0.39 is 5.60 Å². The summed E-state index contributed by atoms with van der Waals surface area (Å²) in [5, 5.41) is 13.5. The second-order valence-corrected chi connectivity index (χ2v) is 11.1. The van der Waals surface area contributed by atoms with Crippen molar-refractivity contribution in [3.63, 3.8) is 0 Å². The van der Waals surface area contributed by atoms with Crippen molar-refractivity contribution < 1.29 is 9.90 Å². The van der Waals surface area contributed by atoms with Gasteiger partial charge in [0.2, 0.25) is 5.91 Å². The van der Waals surface area contributed by atoms with Crippen molar-refractivity contribution in [3.8, 4) is 11.3 Å². The minimum atomic E-state index is -0.634. The number of aliphatic hydroxyl groups is 1. The van der Waals surface area contributed by atoms with Crippen molar-refractivity contribution in [1.82, 2.24) is 9.47 Å². The maximum atomic E-state index is 12.8. The number of nitrogens with zero attached hydrogens (tertiary/aromatic N) is 2. The number of likely N-dealkylation sites (tertiary alicyclic amines) is 1. The number of benzene rings is 3. The van der Waals surface area contributed by atoms with Gasteiger partial charge >= 0.3 is 0 Å². The maximum Gasteiger partial charge on any atom is 0.228 e. The Labute approximate surface area is 228 Å². The molecule has 4 nitrogen and oxygen atoms in total. The first-order valence-corrected chi connectivity index (χ1v) is 13.7. The van der Waals surface area contributed by atoms with Gasteiger partial charge in [0.1, 0.15) is 0 Å². The van der Waals surface area contributed by atoms with Gasteiger partial charge in [-0.05, 0) is 79.3 Å². The van der Waals surface area contributed by atoms with Crippen LogP contribution in [0.5, 0.6) is 0 Å². The average Bonchev–Trinajstić information content (AvgIpc) is 3.20. The highest BCUT2D eigenvalue weighted by Crippen LogP contribution is 2.37.